The van der Waals surface area contributed by atoms with Gasteiger partial charge >= 0.3 is 0 Å². The number of furan rings is 1. The molecule has 0 aliphatic carbocycles. The Balaban J connectivity index is 1.70. The first kappa shape index (κ1) is 20.7. The molecular weight excluding hydrogens is 362 g/mol. The van der Waals surface area contributed by atoms with Gasteiger partial charge in [-0.25, -0.2) is 0 Å². The van der Waals surface area contributed by atoms with E-state index in [2.05, 4.69) is 24.3 Å². The number of rotatable bonds is 10. The molecule has 0 saturated carbocycles. The van der Waals surface area contributed by atoms with Crippen molar-refractivity contribution in [1.29, 1.82) is 0 Å². The van der Waals surface area contributed by atoms with Crippen LogP contribution in [0.15, 0.2) is 77.4 Å². The minimum absolute atomic E-state index is 0.165. The lowest BCUT2D eigenvalue weighted by Crippen LogP contribution is -2.31. The van der Waals surface area contributed by atoms with Gasteiger partial charge in [-0.3, -0.25) is 4.79 Å². The number of ether oxygens (including phenoxy) is 1. The molecule has 1 amide bonds. The van der Waals surface area contributed by atoms with E-state index in [1.165, 1.54) is 5.56 Å². The van der Waals surface area contributed by atoms with Gasteiger partial charge in [0.1, 0.15) is 11.5 Å². The summed E-state index contributed by atoms with van der Waals surface area (Å²) in [4.78, 5) is 14.5. The maximum absolute atomic E-state index is 12.6. The number of methoxy groups -OCH3 is 1. The van der Waals surface area contributed by atoms with Crippen LogP contribution in [0.2, 0.25) is 0 Å². The van der Waals surface area contributed by atoms with Gasteiger partial charge in [-0.05, 0) is 48.2 Å². The highest BCUT2D eigenvalue weighted by Crippen LogP contribution is 2.26. The molecule has 152 valence electrons. The second-order valence-electron chi connectivity index (χ2n) is 7.21. The van der Waals surface area contributed by atoms with Crippen LogP contribution in [0.4, 0.5) is 0 Å². The maximum atomic E-state index is 12.6. The fraction of sp³-hybridized carbons (Fsp3) is 0.320. The highest BCUT2D eigenvalue weighted by Gasteiger charge is 2.19. The lowest BCUT2D eigenvalue weighted by molar-refractivity contribution is -0.131. The molecule has 1 atom stereocenters. The number of hydrogen-bond acceptors (Lipinski definition) is 3. The van der Waals surface area contributed by atoms with Crippen LogP contribution in [0.1, 0.15) is 42.6 Å². The van der Waals surface area contributed by atoms with Crippen molar-refractivity contribution in [3.63, 3.8) is 0 Å². The fourth-order valence-electron chi connectivity index (χ4n) is 3.55. The van der Waals surface area contributed by atoms with E-state index in [0.717, 1.165) is 29.9 Å². The van der Waals surface area contributed by atoms with Crippen LogP contribution in [-0.4, -0.2) is 24.5 Å². The molecule has 0 radical (unpaired) electrons. The Morgan fingerprint density at radius 3 is 2.38 bits per heavy atom. The van der Waals surface area contributed by atoms with Crippen LogP contribution in [0.5, 0.6) is 5.75 Å². The number of nitrogens with zero attached hydrogens (tertiary/aromatic N) is 1. The number of carbonyl (C=O) groups is 1. The van der Waals surface area contributed by atoms with Crippen molar-refractivity contribution in [2.45, 2.75) is 38.6 Å². The van der Waals surface area contributed by atoms with Crippen molar-refractivity contribution >= 4 is 5.91 Å². The van der Waals surface area contributed by atoms with Gasteiger partial charge in [0.25, 0.3) is 0 Å². The zero-order chi connectivity index (χ0) is 20.5. The predicted octanol–water partition coefficient (Wildman–Crippen LogP) is 5.44. The van der Waals surface area contributed by atoms with E-state index in [9.17, 15) is 4.79 Å². The molecule has 0 N–H and O–H groups in total. The van der Waals surface area contributed by atoms with Gasteiger partial charge < -0.3 is 14.1 Å². The predicted molar refractivity (Wildman–Crippen MR) is 115 cm³/mol. The molecule has 4 heteroatoms. The molecule has 0 spiro atoms. The molecule has 0 aliphatic heterocycles. The topological polar surface area (TPSA) is 42.7 Å². The third-order valence-electron chi connectivity index (χ3n) is 5.21. The second kappa shape index (κ2) is 10.5. The van der Waals surface area contributed by atoms with Crippen LogP contribution in [-0.2, 0) is 17.8 Å². The van der Waals surface area contributed by atoms with Crippen LogP contribution >= 0.6 is 0 Å². The number of hydrogen-bond donors (Lipinski definition) is 0. The Morgan fingerprint density at radius 2 is 1.76 bits per heavy atom. The summed E-state index contributed by atoms with van der Waals surface area (Å²) in [5.74, 6) is 2.19. The molecule has 2 aromatic carbocycles. The maximum Gasteiger partial charge on any atom is 0.222 e. The van der Waals surface area contributed by atoms with E-state index < -0.39 is 0 Å². The summed E-state index contributed by atoms with van der Waals surface area (Å²) in [5, 5.41) is 0. The highest BCUT2D eigenvalue weighted by molar-refractivity contribution is 5.75. The third-order valence-corrected chi connectivity index (χ3v) is 5.21. The summed E-state index contributed by atoms with van der Waals surface area (Å²) in [6.07, 6.45) is 3.97. The second-order valence-corrected chi connectivity index (χ2v) is 7.21. The van der Waals surface area contributed by atoms with E-state index in [-0.39, 0.29) is 11.8 Å². The minimum atomic E-state index is 0.165. The summed E-state index contributed by atoms with van der Waals surface area (Å²) in [6.45, 7) is 3.21. The van der Waals surface area contributed by atoms with E-state index in [1.807, 2.05) is 54.3 Å². The van der Waals surface area contributed by atoms with Crippen LogP contribution in [0.25, 0.3) is 0 Å². The van der Waals surface area contributed by atoms with Gasteiger partial charge in [-0.2, -0.15) is 0 Å². The Hall–Kier alpha value is -3.01. The van der Waals surface area contributed by atoms with Gasteiger partial charge in [0.2, 0.25) is 5.91 Å². The molecule has 0 aliphatic rings. The summed E-state index contributed by atoms with van der Waals surface area (Å²) in [7, 11) is 1.66. The SMILES string of the molecule is CCC(=O)N(CC[C@H](Cc1ccccc1)c1ccco1)Cc1ccc(OC)cc1. The monoisotopic (exact) mass is 391 g/mol. The number of amides is 1. The van der Waals surface area contributed by atoms with Gasteiger partial charge in [-0.15, -0.1) is 0 Å². The first-order valence-electron chi connectivity index (χ1n) is 10.2. The summed E-state index contributed by atoms with van der Waals surface area (Å²) >= 11 is 0. The summed E-state index contributed by atoms with van der Waals surface area (Å²) in [6, 6.07) is 22.3. The summed E-state index contributed by atoms with van der Waals surface area (Å²) < 4.78 is 10.9. The molecule has 0 unspecified atom stereocenters. The molecule has 1 aromatic heterocycles. The average Bonchev–Trinajstić information content (AvgIpc) is 3.31. The van der Waals surface area contributed by atoms with Crippen LogP contribution in [0.3, 0.4) is 0 Å². The van der Waals surface area contributed by atoms with Gasteiger partial charge in [0.05, 0.1) is 13.4 Å². The molecule has 0 saturated heterocycles. The Labute approximate surface area is 173 Å². The van der Waals surface area contributed by atoms with Gasteiger partial charge in [0, 0.05) is 25.4 Å². The third kappa shape index (κ3) is 5.98. The van der Waals surface area contributed by atoms with E-state index in [0.29, 0.717) is 19.5 Å². The van der Waals surface area contributed by atoms with Crippen molar-refractivity contribution in [1.82, 2.24) is 4.90 Å². The molecule has 0 bridgehead atoms. The Kier molecular flexibility index (Phi) is 7.51. The van der Waals surface area contributed by atoms with Crippen molar-refractivity contribution in [3.05, 3.63) is 89.9 Å². The molecule has 3 rings (SSSR count). The van der Waals surface area contributed by atoms with Crippen molar-refractivity contribution in [3.8, 4) is 5.75 Å². The van der Waals surface area contributed by atoms with Gasteiger partial charge in [0.15, 0.2) is 0 Å². The quantitative estimate of drug-likeness (QED) is 0.462. The molecule has 3 aromatic rings. The standard InChI is InChI=1S/C25H29NO3/c1-3-25(27)26(19-21-11-13-23(28-2)14-12-21)16-15-22(24-10-7-17-29-24)18-20-8-5-4-6-9-20/h4-14,17,22H,3,15-16,18-19H2,1-2H3/t22-/m1/s1. The van der Waals surface area contributed by atoms with Gasteiger partial charge in [-0.1, -0.05) is 49.4 Å². The smallest absolute Gasteiger partial charge is 0.222 e. The van der Waals surface area contributed by atoms with Crippen molar-refractivity contribution in [2.24, 2.45) is 0 Å². The molecule has 0 fully saturated rings. The van der Waals surface area contributed by atoms with Crippen LogP contribution < -0.4 is 4.74 Å². The van der Waals surface area contributed by atoms with E-state index in [1.54, 1.807) is 13.4 Å². The highest BCUT2D eigenvalue weighted by atomic mass is 16.5. The lowest BCUT2D eigenvalue weighted by Gasteiger charge is -2.25. The van der Waals surface area contributed by atoms with E-state index in [4.69, 9.17) is 9.15 Å². The number of carbonyl (C=O) groups excluding carboxylic acids is 1. The Morgan fingerprint density at radius 1 is 1.00 bits per heavy atom. The molecule has 4 nitrogen and oxygen atoms in total. The first-order chi connectivity index (χ1) is 14.2. The first-order valence-corrected chi connectivity index (χ1v) is 10.2. The zero-order valence-corrected chi connectivity index (χ0v) is 17.2. The summed E-state index contributed by atoms with van der Waals surface area (Å²) in [5.41, 5.74) is 2.38. The zero-order valence-electron chi connectivity index (χ0n) is 17.2. The molecule has 1 heterocycles. The lowest BCUT2D eigenvalue weighted by atomic mass is 9.93. The van der Waals surface area contributed by atoms with Crippen molar-refractivity contribution < 1.29 is 13.9 Å². The fourth-order valence-corrected chi connectivity index (χ4v) is 3.55. The van der Waals surface area contributed by atoms with Crippen molar-refractivity contribution in [2.75, 3.05) is 13.7 Å². The molecular formula is C25H29NO3. The number of benzene rings is 2. The minimum Gasteiger partial charge on any atom is -0.497 e. The van der Waals surface area contributed by atoms with Crippen LogP contribution in [0, 0.1) is 0 Å². The Bertz CT molecular complexity index is 857. The van der Waals surface area contributed by atoms with E-state index >= 15 is 0 Å². The largest absolute Gasteiger partial charge is 0.497 e. The average molecular weight is 392 g/mol. The normalized spacial score (nSPS) is 11.8. The molecule has 29 heavy (non-hydrogen) atoms.